The number of rotatable bonds is 0. The fourth-order valence-electron chi connectivity index (χ4n) is 2.99. The van der Waals surface area contributed by atoms with Crippen molar-refractivity contribution < 1.29 is 17.6 Å². The Hall–Kier alpha value is -1.46. The molecule has 0 unspecified atom stereocenters. The van der Waals surface area contributed by atoms with Crippen LogP contribution >= 0.6 is 46.4 Å². The standard InChI is InChI=1S/C18H4Cl4F4/c19-15-5-1-9(23)10(24)2-6(5)16(20)14-13(15)17(21)7-3-11(25)12(26)4-8(7)18(14)22/h1-4H. The molecular weight excluding hydrogens is 434 g/mol. The fraction of sp³-hybridized carbons (Fsp3) is 0. The monoisotopic (exact) mass is 436 g/mol. The van der Waals surface area contributed by atoms with Gasteiger partial charge in [0.25, 0.3) is 0 Å². The van der Waals surface area contributed by atoms with Crippen LogP contribution in [0.2, 0.25) is 20.1 Å². The van der Waals surface area contributed by atoms with Crippen LogP contribution in [0.1, 0.15) is 0 Å². The summed E-state index contributed by atoms with van der Waals surface area (Å²) in [4.78, 5) is 0. The Balaban J connectivity index is 2.37. The van der Waals surface area contributed by atoms with E-state index in [-0.39, 0.29) is 52.4 Å². The molecule has 0 saturated carbocycles. The van der Waals surface area contributed by atoms with Crippen molar-refractivity contribution in [2.75, 3.05) is 0 Å². The number of halogens is 8. The van der Waals surface area contributed by atoms with Crippen LogP contribution in [-0.4, -0.2) is 0 Å². The maximum Gasteiger partial charge on any atom is 0.159 e. The Bertz CT molecular complexity index is 1080. The van der Waals surface area contributed by atoms with Gasteiger partial charge in [-0.1, -0.05) is 46.4 Å². The maximum absolute atomic E-state index is 13.7. The Morgan fingerprint density at radius 1 is 0.423 bits per heavy atom. The molecule has 0 aliphatic rings. The molecule has 8 heteroatoms. The highest BCUT2D eigenvalue weighted by atomic mass is 35.5. The lowest BCUT2D eigenvalue weighted by atomic mass is 9.98. The second-order valence-corrected chi connectivity index (χ2v) is 7.14. The second kappa shape index (κ2) is 6.03. The van der Waals surface area contributed by atoms with Crippen molar-refractivity contribution in [2.45, 2.75) is 0 Å². The van der Waals surface area contributed by atoms with E-state index >= 15 is 0 Å². The van der Waals surface area contributed by atoms with Gasteiger partial charge in [0.1, 0.15) is 0 Å². The quantitative estimate of drug-likeness (QED) is 0.191. The molecule has 0 spiro atoms. The Morgan fingerprint density at radius 2 is 0.615 bits per heavy atom. The summed E-state index contributed by atoms with van der Waals surface area (Å²) in [6, 6.07) is 3.55. The zero-order valence-corrected chi connectivity index (χ0v) is 15.4. The molecule has 0 N–H and O–H groups in total. The summed E-state index contributed by atoms with van der Waals surface area (Å²) in [6.45, 7) is 0. The van der Waals surface area contributed by atoms with E-state index < -0.39 is 23.3 Å². The number of benzene rings is 4. The van der Waals surface area contributed by atoms with Crippen molar-refractivity contribution in [3.05, 3.63) is 67.6 Å². The first-order valence-corrected chi connectivity index (χ1v) is 8.58. The van der Waals surface area contributed by atoms with E-state index in [4.69, 9.17) is 46.4 Å². The smallest absolute Gasteiger partial charge is 0.159 e. The highest BCUT2D eigenvalue weighted by Crippen LogP contribution is 2.49. The number of hydrogen-bond acceptors (Lipinski definition) is 0. The van der Waals surface area contributed by atoms with Crippen molar-refractivity contribution in [3.8, 4) is 0 Å². The molecule has 0 bridgehead atoms. The van der Waals surface area contributed by atoms with Gasteiger partial charge >= 0.3 is 0 Å². The molecule has 0 nitrogen and oxygen atoms in total. The first kappa shape index (κ1) is 17.9. The minimum atomic E-state index is -1.12. The summed E-state index contributed by atoms with van der Waals surface area (Å²) in [7, 11) is 0. The average Bonchev–Trinajstić information content (AvgIpc) is 2.59. The molecule has 0 saturated heterocycles. The average molecular weight is 438 g/mol. The van der Waals surface area contributed by atoms with Gasteiger partial charge in [-0.2, -0.15) is 0 Å². The van der Waals surface area contributed by atoms with Crippen molar-refractivity contribution in [3.63, 3.8) is 0 Å². The van der Waals surface area contributed by atoms with Crippen LogP contribution in [-0.2, 0) is 0 Å². The van der Waals surface area contributed by atoms with Crippen LogP contribution in [0.4, 0.5) is 17.6 Å². The van der Waals surface area contributed by atoms with Gasteiger partial charge in [-0.15, -0.1) is 0 Å². The summed E-state index contributed by atoms with van der Waals surface area (Å²) in [6.07, 6.45) is 0. The number of hydrogen-bond donors (Lipinski definition) is 0. The molecule has 0 atom stereocenters. The summed E-state index contributed by atoms with van der Waals surface area (Å²) < 4.78 is 54.7. The van der Waals surface area contributed by atoms with Gasteiger partial charge in [-0.05, 0) is 24.3 Å². The molecule has 0 heterocycles. The molecule has 0 radical (unpaired) electrons. The summed E-state index contributed by atoms with van der Waals surface area (Å²) in [5.41, 5.74) is 0. The normalized spacial score (nSPS) is 11.8. The molecule has 0 aliphatic carbocycles. The van der Waals surface area contributed by atoms with Crippen LogP contribution < -0.4 is 0 Å². The molecule has 4 rings (SSSR count). The van der Waals surface area contributed by atoms with Crippen LogP contribution in [0.25, 0.3) is 32.3 Å². The second-order valence-electron chi connectivity index (χ2n) is 5.63. The first-order valence-electron chi connectivity index (χ1n) is 7.07. The first-order chi connectivity index (χ1) is 12.2. The van der Waals surface area contributed by atoms with E-state index in [2.05, 4.69) is 0 Å². The van der Waals surface area contributed by atoms with Crippen molar-refractivity contribution in [1.82, 2.24) is 0 Å². The molecule has 0 aromatic heterocycles. The van der Waals surface area contributed by atoms with Gasteiger partial charge in [-0.3, -0.25) is 0 Å². The molecule has 4 aromatic carbocycles. The highest BCUT2D eigenvalue weighted by Gasteiger charge is 2.22. The van der Waals surface area contributed by atoms with E-state index in [9.17, 15) is 17.6 Å². The van der Waals surface area contributed by atoms with Gasteiger partial charge in [0.2, 0.25) is 0 Å². The van der Waals surface area contributed by atoms with E-state index in [0.29, 0.717) is 0 Å². The van der Waals surface area contributed by atoms with E-state index in [1.54, 1.807) is 0 Å². The van der Waals surface area contributed by atoms with Crippen molar-refractivity contribution >= 4 is 78.7 Å². The molecule has 0 fully saturated rings. The molecular formula is C18H4Cl4F4. The zero-order valence-electron chi connectivity index (χ0n) is 12.3. The summed E-state index contributed by atoms with van der Waals surface area (Å²) in [5.74, 6) is -4.48. The lowest BCUT2D eigenvalue weighted by molar-refractivity contribution is 0.511. The topological polar surface area (TPSA) is 0 Å². The third kappa shape index (κ3) is 2.36. The number of fused-ring (bicyclic) bond motifs is 3. The fourth-order valence-corrected chi connectivity index (χ4v) is 4.47. The lowest BCUT2D eigenvalue weighted by Crippen LogP contribution is -1.92. The van der Waals surface area contributed by atoms with Crippen LogP contribution in [0.5, 0.6) is 0 Å². The molecule has 26 heavy (non-hydrogen) atoms. The highest BCUT2D eigenvalue weighted by molar-refractivity contribution is 6.56. The van der Waals surface area contributed by atoms with Crippen molar-refractivity contribution in [2.24, 2.45) is 0 Å². The SMILES string of the molecule is Fc1cc2c(Cl)c3c(Cl)c4cc(F)c(F)cc4c(Cl)c3c(Cl)c2cc1F. The van der Waals surface area contributed by atoms with Crippen LogP contribution in [0.15, 0.2) is 24.3 Å². The summed E-state index contributed by atoms with van der Waals surface area (Å²) in [5, 5.41) is 0.611. The summed E-state index contributed by atoms with van der Waals surface area (Å²) >= 11 is 25.4. The van der Waals surface area contributed by atoms with Gasteiger partial charge in [0.05, 0.1) is 20.1 Å². The largest absolute Gasteiger partial charge is 0.204 e. The van der Waals surface area contributed by atoms with Crippen molar-refractivity contribution in [1.29, 1.82) is 0 Å². The van der Waals surface area contributed by atoms with E-state index in [1.807, 2.05) is 0 Å². The minimum Gasteiger partial charge on any atom is -0.204 e. The van der Waals surface area contributed by atoms with E-state index in [0.717, 1.165) is 24.3 Å². The predicted molar refractivity (Wildman–Crippen MR) is 98.8 cm³/mol. The van der Waals surface area contributed by atoms with Crippen LogP contribution in [0.3, 0.4) is 0 Å². The van der Waals surface area contributed by atoms with Gasteiger partial charge in [-0.25, -0.2) is 17.6 Å². The Kier molecular flexibility index (Phi) is 4.16. The van der Waals surface area contributed by atoms with Crippen LogP contribution in [0, 0.1) is 23.3 Å². The van der Waals surface area contributed by atoms with Gasteiger partial charge in [0, 0.05) is 32.3 Å². The zero-order chi connectivity index (χ0) is 18.9. The van der Waals surface area contributed by atoms with Gasteiger partial charge < -0.3 is 0 Å². The molecule has 4 aromatic rings. The maximum atomic E-state index is 13.7. The molecule has 0 aliphatic heterocycles. The molecule has 132 valence electrons. The minimum absolute atomic E-state index is 0.0307. The third-order valence-corrected chi connectivity index (χ3v) is 5.77. The van der Waals surface area contributed by atoms with E-state index in [1.165, 1.54) is 0 Å². The lowest BCUT2D eigenvalue weighted by Gasteiger charge is -2.15. The van der Waals surface area contributed by atoms with Gasteiger partial charge in [0.15, 0.2) is 23.3 Å². The predicted octanol–water partition coefficient (Wildman–Crippen LogP) is 8.32. The third-order valence-electron chi connectivity index (χ3n) is 4.19. The molecule has 0 amide bonds. The Labute approximate surface area is 163 Å². The Morgan fingerprint density at radius 3 is 0.808 bits per heavy atom.